The number of hydrogen-bond donors (Lipinski definition) is 0. The summed E-state index contributed by atoms with van der Waals surface area (Å²) in [7, 11) is 0. The molecule has 92 valence electrons. The average Bonchev–Trinajstić information content (AvgIpc) is 2.39. The van der Waals surface area contributed by atoms with Gasteiger partial charge in [0.25, 0.3) is 0 Å². The zero-order valence-corrected chi connectivity index (χ0v) is 10.3. The van der Waals surface area contributed by atoms with Crippen molar-refractivity contribution in [2.45, 2.75) is 19.3 Å². The fourth-order valence-electron chi connectivity index (χ4n) is 1.93. The molecule has 0 aromatic heterocycles. The highest BCUT2D eigenvalue weighted by Gasteiger charge is 2.11. The third kappa shape index (κ3) is 3.04. The van der Waals surface area contributed by atoms with Crippen molar-refractivity contribution in [3.05, 3.63) is 71.0 Å². The van der Waals surface area contributed by atoms with Crippen LogP contribution in [0.15, 0.2) is 48.5 Å². The Balaban J connectivity index is 2.16. The smallest absolute Gasteiger partial charge is 0.127 e. The molecular formula is C16H15FO. The predicted molar refractivity (Wildman–Crippen MR) is 70.1 cm³/mol. The maximum atomic E-state index is 12.8. The Bertz CT molecular complexity index is 514. The Hall–Kier alpha value is -1.96. The van der Waals surface area contributed by atoms with E-state index in [-0.39, 0.29) is 11.7 Å². The van der Waals surface area contributed by atoms with Gasteiger partial charge in [0.15, 0.2) is 0 Å². The number of aldehydes is 1. The number of carbonyl (C=O) groups excluding carboxylic acids is 1. The van der Waals surface area contributed by atoms with Crippen LogP contribution >= 0.6 is 0 Å². The van der Waals surface area contributed by atoms with E-state index < -0.39 is 0 Å². The van der Waals surface area contributed by atoms with Gasteiger partial charge in [0.05, 0.1) is 0 Å². The van der Waals surface area contributed by atoms with E-state index in [2.05, 4.69) is 0 Å². The molecule has 1 nitrogen and oxygen atoms in total. The molecule has 0 bridgehead atoms. The molecule has 0 fully saturated rings. The van der Waals surface area contributed by atoms with E-state index in [1.54, 1.807) is 12.1 Å². The second-order valence-electron chi connectivity index (χ2n) is 4.48. The monoisotopic (exact) mass is 242 g/mol. The molecule has 1 atom stereocenters. The second-order valence-corrected chi connectivity index (χ2v) is 4.48. The summed E-state index contributed by atoms with van der Waals surface area (Å²) in [6.07, 6.45) is 1.57. The number of aryl methyl sites for hydroxylation is 1. The zero-order valence-electron chi connectivity index (χ0n) is 10.3. The molecule has 0 radical (unpaired) electrons. The maximum Gasteiger partial charge on any atom is 0.127 e. The van der Waals surface area contributed by atoms with Crippen LogP contribution < -0.4 is 0 Å². The van der Waals surface area contributed by atoms with E-state index in [0.717, 1.165) is 17.4 Å². The van der Waals surface area contributed by atoms with Gasteiger partial charge in [-0.25, -0.2) is 4.39 Å². The van der Waals surface area contributed by atoms with Crippen LogP contribution in [0.1, 0.15) is 22.6 Å². The fourth-order valence-corrected chi connectivity index (χ4v) is 1.93. The van der Waals surface area contributed by atoms with E-state index in [4.69, 9.17) is 0 Å². The van der Waals surface area contributed by atoms with Crippen molar-refractivity contribution in [1.82, 2.24) is 0 Å². The maximum absolute atomic E-state index is 12.8. The van der Waals surface area contributed by atoms with E-state index in [9.17, 15) is 9.18 Å². The summed E-state index contributed by atoms with van der Waals surface area (Å²) in [6, 6.07) is 14.2. The summed E-state index contributed by atoms with van der Waals surface area (Å²) in [5.74, 6) is -0.493. The quantitative estimate of drug-likeness (QED) is 0.748. The SMILES string of the molecule is Cc1ccc(CC(C=O)c2ccc(F)cc2)cc1. The van der Waals surface area contributed by atoms with Gasteiger partial charge in [-0.05, 0) is 36.6 Å². The fraction of sp³-hybridized carbons (Fsp3) is 0.188. The van der Waals surface area contributed by atoms with E-state index in [1.807, 2.05) is 31.2 Å². The van der Waals surface area contributed by atoms with Crippen molar-refractivity contribution in [2.24, 2.45) is 0 Å². The van der Waals surface area contributed by atoms with Crippen molar-refractivity contribution in [3.63, 3.8) is 0 Å². The van der Waals surface area contributed by atoms with Crippen LogP contribution in [0, 0.1) is 12.7 Å². The molecular weight excluding hydrogens is 227 g/mol. The molecule has 2 aromatic rings. The molecule has 18 heavy (non-hydrogen) atoms. The minimum absolute atomic E-state index is 0.215. The normalized spacial score (nSPS) is 12.1. The molecule has 0 heterocycles. The summed E-state index contributed by atoms with van der Waals surface area (Å²) >= 11 is 0. The van der Waals surface area contributed by atoms with Crippen LogP contribution in [0.25, 0.3) is 0 Å². The zero-order chi connectivity index (χ0) is 13.0. The lowest BCUT2D eigenvalue weighted by Crippen LogP contribution is -2.04. The highest BCUT2D eigenvalue weighted by atomic mass is 19.1. The number of halogens is 1. The predicted octanol–water partition coefficient (Wildman–Crippen LogP) is 3.66. The van der Waals surface area contributed by atoms with Crippen LogP contribution in [0.5, 0.6) is 0 Å². The van der Waals surface area contributed by atoms with Crippen molar-refractivity contribution >= 4 is 6.29 Å². The van der Waals surface area contributed by atoms with Gasteiger partial charge in [0.2, 0.25) is 0 Å². The summed E-state index contributed by atoms with van der Waals surface area (Å²) in [6.45, 7) is 2.03. The molecule has 0 aliphatic carbocycles. The van der Waals surface area contributed by atoms with Crippen molar-refractivity contribution in [2.75, 3.05) is 0 Å². The first-order chi connectivity index (χ1) is 8.69. The lowest BCUT2D eigenvalue weighted by atomic mass is 9.93. The molecule has 0 N–H and O–H groups in total. The minimum Gasteiger partial charge on any atom is -0.303 e. The largest absolute Gasteiger partial charge is 0.303 e. The summed E-state index contributed by atoms with van der Waals surface area (Å²) in [5, 5.41) is 0. The van der Waals surface area contributed by atoms with E-state index in [1.165, 1.54) is 17.7 Å². The molecule has 0 amide bonds. The highest BCUT2D eigenvalue weighted by molar-refractivity contribution is 5.62. The standard InChI is InChI=1S/C16H15FO/c1-12-2-4-13(5-3-12)10-15(11-18)14-6-8-16(17)9-7-14/h2-9,11,15H,10H2,1H3. The van der Waals surface area contributed by atoms with Gasteiger partial charge >= 0.3 is 0 Å². The molecule has 0 aliphatic heterocycles. The second kappa shape index (κ2) is 5.58. The number of hydrogen-bond acceptors (Lipinski definition) is 1. The number of benzene rings is 2. The van der Waals surface area contributed by atoms with Crippen LogP contribution in [0.3, 0.4) is 0 Å². The summed E-state index contributed by atoms with van der Waals surface area (Å²) in [5.41, 5.74) is 3.16. The van der Waals surface area contributed by atoms with Crippen molar-refractivity contribution in [1.29, 1.82) is 0 Å². The van der Waals surface area contributed by atoms with Crippen LogP contribution in [-0.2, 0) is 11.2 Å². The van der Waals surface area contributed by atoms with Gasteiger partial charge < -0.3 is 4.79 Å². The van der Waals surface area contributed by atoms with Crippen molar-refractivity contribution < 1.29 is 9.18 Å². The molecule has 2 rings (SSSR count). The van der Waals surface area contributed by atoms with Gasteiger partial charge in [-0.1, -0.05) is 42.0 Å². The topological polar surface area (TPSA) is 17.1 Å². The molecule has 2 aromatic carbocycles. The lowest BCUT2D eigenvalue weighted by molar-refractivity contribution is -0.109. The molecule has 0 aliphatic rings. The Morgan fingerprint density at radius 2 is 1.67 bits per heavy atom. The third-order valence-electron chi connectivity index (χ3n) is 3.04. The number of carbonyl (C=O) groups is 1. The van der Waals surface area contributed by atoms with Gasteiger partial charge in [0, 0.05) is 5.92 Å². The van der Waals surface area contributed by atoms with Crippen LogP contribution in [0.2, 0.25) is 0 Å². The van der Waals surface area contributed by atoms with Gasteiger partial charge in [-0.15, -0.1) is 0 Å². The Morgan fingerprint density at radius 3 is 2.22 bits per heavy atom. The Morgan fingerprint density at radius 1 is 1.06 bits per heavy atom. The Labute approximate surface area is 106 Å². The summed E-state index contributed by atoms with van der Waals surface area (Å²) < 4.78 is 12.8. The molecule has 0 saturated carbocycles. The Kier molecular flexibility index (Phi) is 3.88. The van der Waals surface area contributed by atoms with Crippen LogP contribution in [0.4, 0.5) is 4.39 Å². The number of rotatable bonds is 4. The van der Waals surface area contributed by atoms with Crippen LogP contribution in [-0.4, -0.2) is 6.29 Å². The summed E-state index contributed by atoms with van der Waals surface area (Å²) in [4.78, 5) is 11.2. The van der Waals surface area contributed by atoms with Gasteiger partial charge in [-0.2, -0.15) is 0 Å². The van der Waals surface area contributed by atoms with Gasteiger partial charge in [-0.3, -0.25) is 0 Å². The van der Waals surface area contributed by atoms with Gasteiger partial charge in [0.1, 0.15) is 12.1 Å². The first kappa shape index (κ1) is 12.5. The van der Waals surface area contributed by atoms with E-state index >= 15 is 0 Å². The highest BCUT2D eigenvalue weighted by Crippen LogP contribution is 2.19. The molecule has 0 spiro atoms. The van der Waals surface area contributed by atoms with Crippen molar-refractivity contribution in [3.8, 4) is 0 Å². The molecule has 1 unspecified atom stereocenters. The first-order valence-electron chi connectivity index (χ1n) is 5.95. The lowest BCUT2D eigenvalue weighted by Gasteiger charge is -2.11. The molecule has 0 saturated heterocycles. The van der Waals surface area contributed by atoms with E-state index in [0.29, 0.717) is 6.42 Å². The minimum atomic E-state index is -0.279. The average molecular weight is 242 g/mol. The molecule has 2 heteroatoms. The third-order valence-corrected chi connectivity index (χ3v) is 3.04. The first-order valence-corrected chi connectivity index (χ1v) is 5.95.